The van der Waals surface area contributed by atoms with E-state index in [0.29, 0.717) is 6.54 Å². The van der Waals surface area contributed by atoms with Crippen molar-refractivity contribution in [1.82, 2.24) is 0 Å². The van der Waals surface area contributed by atoms with Crippen molar-refractivity contribution < 1.29 is 9.15 Å². The molecule has 2 rings (SSSR count). The van der Waals surface area contributed by atoms with Gasteiger partial charge in [-0.3, -0.25) is 0 Å². The molecular formula is C11H17NO2. The van der Waals surface area contributed by atoms with Crippen LogP contribution in [0.4, 0.5) is 0 Å². The number of rotatable bonds is 3. The number of nitrogens with two attached hydrogens (primary N) is 1. The van der Waals surface area contributed by atoms with E-state index in [-0.39, 0.29) is 5.41 Å². The van der Waals surface area contributed by atoms with Gasteiger partial charge in [0, 0.05) is 6.61 Å². The van der Waals surface area contributed by atoms with Gasteiger partial charge in [0.1, 0.15) is 5.76 Å². The van der Waals surface area contributed by atoms with Gasteiger partial charge in [0.05, 0.1) is 18.3 Å². The summed E-state index contributed by atoms with van der Waals surface area (Å²) in [5, 5.41) is 0. The lowest BCUT2D eigenvalue weighted by atomic mass is 9.77. The number of hydrogen-bond acceptors (Lipinski definition) is 3. The summed E-state index contributed by atoms with van der Waals surface area (Å²) in [5.41, 5.74) is 5.69. The summed E-state index contributed by atoms with van der Waals surface area (Å²) in [6, 6.07) is 3.96. The van der Waals surface area contributed by atoms with Crippen LogP contribution in [0, 0.1) is 0 Å². The van der Waals surface area contributed by atoms with Crippen molar-refractivity contribution in [2.45, 2.75) is 24.7 Å². The average Bonchev–Trinajstić information content (AvgIpc) is 2.73. The third-order valence-electron chi connectivity index (χ3n) is 2.99. The van der Waals surface area contributed by atoms with Gasteiger partial charge in [-0.05, 0) is 37.9 Å². The molecule has 1 aromatic rings. The molecule has 1 unspecified atom stereocenters. The minimum Gasteiger partial charge on any atom is -0.469 e. The predicted octanol–water partition coefficient (Wildman–Crippen LogP) is 1.68. The second-order valence-corrected chi connectivity index (χ2v) is 3.95. The molecule has 0 aliphatic carbocycles. The predicted molar refractivity (Wildman–Crippen MR) is 54.1 cm³/mol. The van der Waals surface area contributed by atoms with Crippen molar-refractivity contribution in [3.63, 3.8) is 0 Å². The molecule has 2 heterocycles. The van der Waals surface area contributed by atoms with Crippen LogP contribution in [0.2, 0.25) is 0 Å². The van der Waals surface area contributed by atoms with E-state index in [1.807, 2.05) is 12.1 Å². The highest BCUT2D eigenvalue weighted by atomic mass is 16.5. The molecule has 3 nitrogen and oxygen atoms in total. The lowest BCUT2D eigenvalue weighted by Crippen LogP contribution is -2.37. The standard InChI is InChI=1S/C11H17NO2/c12-6-5-11(4-2-7-13-9-11)10-3-1-8-14-10/h1,3,8H,2,4-7,9,12H2. The van der Waals surface area contributed by atoms with E-state index in [9.17, 15) is 0 Å². The van der Waals surface area contributed by atoms with Gasteiger partial charge in [-0.2, -0.15) is 0 Å². The van der Waals surface area contributed by atoms with Crippen molar-refractivity contribution in [1.29, 1.82) is 0 Å². The molecule has 3 heteroatoms. The van der Waals surface area contributed by atoms with Crippen LogP contribution in [0.25, 0.3) is 0 Å². The zero-order valence-corrected chi connectivity index (χ0v) is 8.37. The fourth-order valence-corrected chi connectivity index (χ4v) is 2.22. The van der Waals surface area contributed by atoms with E-state index in [0.717, 1.165) is 38.2 Å². The Balaban J connectivity index is 2.20. The van der Waals surface area contributed by atoms with Crippen LogP contribution >= 0.6 is 0 Å². The van der Waals surface area contributed by atoms with Crippen LogP contribution in [0.1, 0.15) is 25.0 Å². The lowest BCUT2D eigenvalue weighted by molar-refractivity contribution is 0.0218. The van der Waals surface area contributed by atoms with E-state index in [2.05, 4.69) is 0 Å². The number of ether oxygens (including phenoxy) is 1. The molecule has 14 heavy (non-hydrogen) atoms. The molecule has 1 aromatic heterocycles. The molecule has 1 aliphatic rings. The fourth-order valence-electron chi connectivity index (χ4n) is 2.22. The molecule has 78 valence electrons. The Morgan fingerprint density at radius 3 is 3.00 bits per heavy atom. The zero-order chi connectivity index (χ0) is 9.86. The number of furan rings is 1. The normalized spacial score (nSPS) is 27.8. The van der Waals surface area contributed by atoms with Gasteiger partial charge in [-0.15, -0.1) is 0 Å². The van der Waals surface area contributed by atoms with E-state index in [1.165, 1.54) is 0 Å². The van der Waals surface area contributed by atoms with Crippen LogP contribution in [-0.2, 0) is 10.2 Å². The molecule has 0 saturated carbocycles. The van der Waals surface area contributed by atoms with Crippen LogP contribution in [0.5, 0.6) is 0 Å². The first kappa shape index (κ1) is 9.74. The monoisotopic (exact) mass is 195 g/mol. The van der Waals surface area contributed by atoms with Gasteiger partial charge in [0.25, 0.3) is 0 Å². The Bertz CT molecular complexity index is 257. The van der Waals surface area contributed by atoms with Gasteiger partial charge >= 0.3 is 0 Å². The topological polar surface area (TPSA) is 48.4 Å². The van der Waals surface area contributed by atoms with E-state index in [4.69, 9.17) is 14.9 Å². The summed E-state index contributed by atoms with van der Waals surface area (Å²) in [6.45, 7) is 2.30. The smallest absolute Gasteiger partial charge is 0.112 e. The second kappa shape index (κ2) is 4.15. The molecule has 0 bridgehead atoms. The van der Waals surface area contributed by atoms with Crippen LogP contribution < -0.4 is 5.73 Å². The van der Waals surface area contributed by atoms with Gasteiger partial charge < -0.3 is 14.9 Å². The Kier molecular flexibility index (Phi) is 2.89. The molecule has 2 N–H and O–H groups in total. The molecule has 1 fully saturated rings. The van der Waals surface area contributed by atoms with E-state index in [1.54, 1.807) is 6.26 Å². The summed E-state index contributed by atoms with van der Waals surface area (Å²) in [4.78, 5) is 0. The first-order valence-electron chi connectivity index (χ1n) is 5.19. The van der Waals surface area contributed by atoms with Crippen LogP contribution in [0.15, 0.2) is 22.8 Å². The van der Waals surface area contributed by atoms with Gasteiger partial charge in [0.15, 0.2) is 0 Å². The molecule has 0 spiro atoms. The summed E-state index contributed by atoms with van der Waals surface area (Å²) >= 11 is 0. The third kappa shape index (κ3) is 1.70. The summed E-state index contributed by atoms with van der Waals surface area (Å²) < 4.78 is 11.0. The van der Waals surface area contributed by atoms with E-state index >= 15 is 0 Å². The minimum absolute atomic E-state index is 0.0382. The fraction of sp³-hybridized carbons (Fsp3) is 0.636. The highest BCUT2D eigenvalue weighted by molar-refractivity contribution is 5.15. The van der Waals surface area contributed by atoms with Gasteiger partial charge in [-0.1, -0.05) is 0 Å². The summed E-state index contributed by atoms with van der Waals surface area (Å²) in [7, 11) is 0. The van der Waals surface area contributed by atoms with Crippen molar-refractivity contribution in [2.75, 3.05) is 19.8 Å². The Labute approximate surface area is 84.2 Å². The van der Waals surface area contributed by atoms with Crippen molar-refractivity contribution in [2.24, 2.45) is 5.73 Å². The van der Waals surface area contributed by atoms with E-state index < -0.39 is 0 Å². The average molecular weight is 195 g/mol. The maximum Gasteiger partial charge on any atom is 0.112 e. The lowest BCUT2D eigenvalue weighted by Gasteiger charge is -2.34. The first-order chi connectivity index (χ1) is 6.87. The molecule has 0 amide bonds. The molecule has 0 radical (unpaired) electrons. The van der Waals surface area contributed by atoms with Crippen molar-refractivity contribution in [3.05, 3.63) is 24.2 Å². The molecule has 1 saturated heterocycles. The zero-order valence-electron chi connectivity index (χ0n) is 8.37. The Hall–Kier alpha value is -0.800. The quantitative estimate of drug-likeness (QED) is 0.798. The van der Waals surface area contributed by atoms with Crippen molar-refractivity contribution in [3.8, 4) is 0 Å². The van der Waals surface area contributed by atoms with Crippen molar-refractivity contribution >= 4 is 0 Å². The highest BCUT2D eigenvalue weighted by Gasteiger charge is 2.36. The largest absolute Gasteiger partial charge is 0.469 e. The molecular weight excluding hydrogens is 178 g/mol. The SMILES string of the molecule is NCCC1(c2ccco2)CCCOC1. The maximum atomic E-state index is 5.65. The minimum atomic E-state index is 0.0382. The van der Waals surface area contributed by atoms with Crippen LogP contribution in [-0.4, -0.2) is 19.8 Å². The number of hydrogen-bond donors (Lipinski definition) is 1. The Morgan fingerprint density at radius 2 is 2.43 bits per heavy atom. The third-order valence-corrected chi connectivity index (χ3v) is 2.99. The maximum absolute atomic E-state index is 5.65. The molecule has 1 aliphatic heterocycles. The second-order valence-electron chi connectivity index (χ2n) is 3.95. The summed E-state index contributed by atoms with van der Waals surface area (Å²) in [6.07, 6.45) is 4.89. The molecule has 1 atom stereocenters. The molecule has 0 aromatic carbocycles. The van der Waals surface area contributed by atoms with Crippen LogP contribution in [0.3, 0.4) is 0 Å². The first-order valence-corrected chi connectivity index (χ1v) is 5.19. The van der Waals surface area contributed by atoms with Gasteiger partial charge in [0.2, 0.25) is 0 Å². The van der Waals surface area contributed by atoms with Gasteiger partial charge in [-0.25, -0.2) is 0 Å². The summed E-state index contributed by atoms with van der Waals surface area (Å²) in [5.74, 6) is 1.03. The highest BCUT2D eigenvalue weighted by Crippen LogP contribution is 2.36. The Morgan fingerprint density at radius 1 is 1.50 bits per heavy atom.